The van der Waals surface area contributed by atoms with Crippen LogP contribution >= 0.6 is 0 Å². The molecule has 1 fully saturated rings. The number of para-hydroxylation sites is 1. The van der Waals surface area contributed by atoms with Crippen molar-refractivity contribution in [3.63, 3.8) is 0 Å². The van der Waals surface area contributed by atoms with Gasteiger partial charge in [-0.3, -0.25) is 0 Å². The van der Waals surface area contributed by atoms with Gasteiger partial charge in [-0.15, -0.1) is 0 Å². The molecule has 1 saturated heterocycles. The van der Waals surface area contributed by atoms with Gasteiger partial charge in [0.25, 0.3) is 0 Å². The fourth-order valence-electron chi connectivity index (χ4n) is 2.68. The number of hydrogen-bond acceptors (Lipinski definition) is 3. The van der Waals surface area contributed by atoms with Crippen LogP contribution in [0.5, 0.6) is 0 Å². The fourth-order valence-corrected chi connectivity index (χ4v) is 2.68. The first-order chi connectivity index (χ1) is 9.22. The van der Waals surface area contributed by atoms with Crippen molar-refractivity contribution in [3.05, 3.63) is 29.8 Å². The third kappa shape index (κ3) is 3.71. The predicted octanol–water partition coefficient (Wildman–Crippen LogP) is 2.39. The molecule has 2 rings (SSSR count). The molecular formula is C16H26N2O. The Kier molecular flexibility index (Phi) is 5.23. The van der Waals surface area contributed by atoms with E-state index in [1.165, 1.54) is 37.2 Å². The summed E-state index contributed by atoms with van der Waals surface area (Å²) in [6.45, 7) is 7.65. The Balaban J connectivity index is 2.03. The molecule has 0 saturated carbocycles. The highest BCUT2D eigenvalue weighted by Crippen LogP contribution is 2.24. The maximum Gasteiger partial charge on any atom is 0.0587 e. The van der Waals surface area contributed by atoms with Gasteiger partial charge in [0, 0.05) is 31.4 Å². The van der Waals surface area contributed by atoms with Crippen LogP contribution in [0.4, 0.5) is 5.69 Å². The first-order valence-corrected chi connectivity index (χ1v) is 7.39. The lowest BCUT2D eigenvalue weighted by molar-refractivity contribution is 0.210. The van der Waals surface area contributed by atoms with Gasteiger partial charge in [0.1, 0.15) is 0 Å². The van der Waals surface area contributed by atoms with Crippen LogP contribution in [0, 0.1) is 5.92 Å². The van der Waals surface area contributed by atoms with Gasteiger partial charge in [-0.25, -0.2) is 0 Å². The van der Waals surface area contributed by atoms with E-state index in [1.54, 1.807) is 0 Å². The van der Waals surface area contributed by atoms with Crippen LogP contribution in [0.2, 0.25) is 0 Å². The number of nitrogens with one attached hydrogen (secondary N) is 1. The Bertz CT molecular complexity index is 386. The molecule has 1 aliphatic rings. The van der Waals surface area contributed by atoms with E-state index in [0.717, 1.165) is 6.54 Å². The van der Waals surface area contributed by atoms with Crippen LogP contribution in [0.15, 0.2) is 24.3 Å². The summed E-state index contributed by atoms with van der Waals surface area (Å²) in [6.07, 6.45) is 2.60. The molecule has 0 unspecified atom stereocenters. The molecule has 3 heteroatoms. The summed E-state index contributed by atoms with van der Waals surface area (Å²) in [5.41, 5.74) is 2.69. The van der Waals surface area contributed by atoms with Crippen molar-refractivity contribution < 1.29 is 5.11 Å². The monoisotopic (exact) mass is 262 g/mol. The fraction of sp³-hybridized carbons (Fsp3) is 0.625. The third-order valence-electron chi connectivity index (χ3n) is 3.99. The van der Waals surface area contributed by atoms with Gasteiger partial charge in [0.05, 0.1) is 6.61 Å². The van der Waals surface area contributed by atoms with E-state index in [0.29, 0.717) is 5.92 Å². The second-order valence-corrected chi connectivity index (χ2v) is 5.74. The minimum Gasteiger partial charge on any atom is -0.395 e. The van der Waals surface area contributed by atoms with E-state index in [2.05, 4.69) is 48.3 Å². The Morgan fingerprint density at radius 3 is 2.53 bits per heavy atom. The lowest BCUT2D eigenvalue weighted by Crippen LogP contribution is -2.36. The van der Waals surface area contributed by atoms with Crippen molar-refractivity contribution in [3.8, 4) is 0 Å². The van der Waals surface area contributed by atoms with Gasteiger partial charge in [-0.05, 0) is 30.4 Å². The van der Waals surface area contributed by atoms with Gasteiger partial charge in [0.15, 0.2) is 0 Å². The zero-order valence-corrected chi connectivity index (χ0v) is 12.1. The molecule has 0 radical (unpaired) electrons. The van der Waals surface area contributed by atoms with E-state index < -0.39 is 0 Å². The number of nitrogens with zero attached hydrogens (tertiary/aromatic N) is 1. The van der Waals surface area contributed by atoms with E-state index in [1.807, 2.05) is 0 Å². The van der Waals surface area contributed by atoms with Gasteiger partial charge < -0.3 is 15.3 Å². The summed E-state index contributed by atoms with van der Waals surface area (Å²) in [7, 11) is 0. The molecule has 1 aromatic rings. The maximum atomic E-state index is 9.38. The number of anilines is 1. The molecule has 2 N–H and O–H groups in total. The highest BCUT2D eigenvalue weighted by Gasteiger charge is 2.16. The van der Waals surface area contributed by atoms with Crippen molar-refractivity contribution in [2.75, 3.05) is 24.6 Å². The van der Waals surface area contributed by atoms with Crippen LogP contribution in [0.25, 0.3) is 0 Å². The summed E-state index contributed by atoms with van der Waals surface area (Å²) < 4.78 is 0. The van der Waals surface area contributed by atoms with Crippen LogP contribution in [-0.2, 0) is 6.54 Å². The molecule has 1 heterocycles. The Labute approximate surface area is 116 Å². The van der Waals surface area contributed by atoms with E-state index in [-0.39, 0.29) is 12.6 Å². The SMILES string of the molecule is CC(C)[C@@H](CO)NCc1ccccc1N1CCCC1. The van der Waals surface area contributed by atoms with Crippen LogP contribution in [0.1, 0.15) is 32.3 Å². The van der Waals surface area contributed by atoms with Crippen LogP contribution < -0.4 is 10.2 Å². The average molecular weight is 262 g/mol. The zero-order chi connectivity index (χ0) is 13.7. The first kappa shape index (κ1) is 14.4. The quantitative estimate of drug-likeness (QED) is 0.826. The van der Waals surface area contributed by atoms with Crippen molar-refractivity contribution in [1.82, 2.24) is 5.32 Å². The predicted molar refractivity (Wildman–Crippen MR) is 80.4 cm³/mol. The Morgan fingerprint density at radius 1 is 1.21 bits per heavy atom. The van der Waals surface area contributed by atoms with Crippen molar-refractivity contribution >= 4 is 5.69 Å². The molecule has 0 amide bonds. The standard InChI is InChI=1S/C16H26N2O/c1-13(2)15(12-19)17-11-14-7-3-4-8-16(14)18-9-5-6-10-18/h3-4,7-8,13,15,17,19H,5-6,9-12H2,1-2H3/t15-/m1/s1. The third-order valence-corrected chi connectivity index (χ3v) is 3.99. The molecule has 0 bridgehead atoms. The normalized spacial score (nSPS) is 17.2. The zero-order valence-electron chi connectivity index (χ0n) is 12.1. The maximum absolute atomic E-state index is 9.38. The van der Waals surface area contributed by atoms with E-state index in [4.69, 9.17) is 0 Å². The molecule has 19 heavy (non-hydrogen) atoms. The Hall–Kier alpha value is -1.06. The van der Waals surface area contributed by atoms with Crippen molar-refractivity contribution in [2.45, 2.75) is 39.3 Å². The first-order valence-electron chi connectivity index (χ1n) is 7.39. The van der Waals surface area contributed by atoms with Crippen molar-refractivity contribution in [1.29, 1.82) is 0 Å². The number of hydrogen-bond donors (Lipinski definition) is 2. The van der Waals surface area contributed by atoms with E-state index in [9.17, 15) is 5.11 Å². The summed E-state index contributed by atoms with van der Waals surface area (Å²) in [4.78, 5) is 2.47. The molecular weight excluding hydrogens is 236 g/mol. The molecule has 1 atom stereocenters. The molecule has 3 nitrogen and oxygen atoms in total. The molecule has 106 valence electrons. The highest BCUT2D eigenvalue weighted by molar-refractivity contribution is 5.54. The minimum absolute atomic E-state index is 0.173. The van der Waals surface area contributed by atoms with Gasteiger partial charge in [-0.2, -0.15) is 0 Å². The highest BCUT2D eigenvalue weighted by atomic mass is 16.3. The topological polar surface area (TPSA) is 35.5 Å². The number of benzene rings is 1. The molecule has 1 aliphatic heterocycles. The van der Waals surface area contributed by atoms with E-state index >= 15 is 0 Å². The smallest absolute Gasteiger partial charge is 0.0587 e. The number of rotatable bonds is 6. The summed E-state index contributed by atoms with van der Waals surface area (Å²) in [5.74, 6) is 0.448. The van der Waals surface area contributed by atoms with Gasteiger partial charge >= 0.3 is 0 Å². The summed E-state index contributed by atoms with van der Waals surface area (Å²) in [5, 5.41) is 12.9. The molecule has 1 aromatic carbocycles. The van der Waals surface area contributed by atoms with Gasteiger partial charge in [-0.1, -0.05) is 32.0 Å². The summed E-state index contributed by atoms with van der Waals surface area (Å²) in [6, 6.07) is 8.79. The van der Waals surface area contributed by atoms with Crippen LogP contribution in [-0.4, -0.2) is 30.8 Å². The molecule has 0 spiro atoms. The largest absolute Gasteiger partial charge is 0.395 e. The number of aliphatic hydroxyl groups is 1. The molecule has 0 aromatic heterocycles. The van der Waals surface area contributed by atoms with Gasteiger partial charge in [0.2, 0.25) is 0 Å². The Morgan fingerprint density at radius 2 is 1.89 bits per heavy atom. The lowest BCUT2D eigenvalue weighted by Gasteiger charge is -2.24. The average Bonchev–Trinajstić information content (AvgIpc) is 2.93. The second kappa shape index (κ2) is 6.92. The summed E-state index contributed by atoms with van der Waals surface area (Å²) >= 11 is 0. The second-order valence-electron chi connectivity index (χ2n) is 5.74. The minimum atomic E-state index is 0.173. The van der Waals surface area contributed by atoms with Crippen LogP contribution in [0.3, 0.4) is 0 Å². The molecule has 0 aliphatic carbocycles. The van der Waals surface area contributed by atoms with Crippen molar-refractivity contribution in [2.24, 2.45) is 5.92 Å². The lowest BCUT2D eigenvalue weighted by atomic mass is 10.0. The number of aliphatic hydroxyl groups excluding tert-OH is 1.